The van der Waals surface area contributed by atoms with Crippen LogP contribution in [-0.2, 0) is 4.74 Å². The molecule has 0 heterocycles. The number of ether oxygens (including phenoxy) is 1. The van der Waals surface area contributed by atoms with Gasteiger partial charge in [0, 0.05) is 30.6 Å². The lowest BCUT2D eigenvalue weighted by Crippen LogP contribution is -2.38. The van der Waals surface area contributed by atoms with E-state index in [0.29, 0.717) is 19.1 Å². The molecule has 1 fully saturated rings. The average molecular weight is 269 g/mol. The van der Waals surface area contributed by atoms with Gasteiger partial charge in [0.2, 0.25) is 0 Å². The molecule has 2 amide bonds. The number of rotatable bonds is 5. The normalized spacial score (nSPS) is 21.4. The molecule has 0 bridgehead atoms. The monoisotopic (exact) mass is 268 g/mol. The second-order valence-electron chi connectivity index (χ2n) is 4.39. The number of amides is 2. The topological polar surface area (TPSA) is 50.4 Å². The molecule has 0 radical (unpaired) electrons. The molecule has 0 saturated heterocycles. The molecule has 98 valence electrons. The molecule has 5 heteroatoms. The zero-order chi connectivity index (χ0) is 13.0. The van der Waals surface area contributed by atoms with Gasteiger partial charge in [-0.15, -0.1) is 0 Å². The van der Waals surface area contributed by atoms with Crippen molar-refractivity contribution in [2.45, 2.75) is 18.4 Å². The lowest BCUT2D eigenvalue weighted by molar-refractivity contribution is 0.195. The predicted octanol–water partition coefficient (Wildman–Crippen LogP) is 2.14. The summed E-state index contributed by atoms with van der Waals surface area (Å²) in [5.41, 5.74) is 1.22. The highest BCUT2D eigenvalue weighted by molar-refractivity contribution is 6.30. The molecule has 0 aromatic heterocycles. The van der Waals surface area contributed by atoms with E-state index >= 15 is 0 Å². The third kappa shape index (κ3) is 3.62. The number of hydrogen-bond donors (Lipinski definition) is 2. The van der Waals surface area contributed by atoms with Gasteiger partial charge in [0.1, 0.15) is 0 Å². The van der Waals surface area contributed by atoms with Gasteiger partial charge in [0.25, 0.3) is 0 Å². The standard InChI is InChI=1S/C13H17ClN2O2/c1-18-7-6-15-13(17)16-12-8-11(12)9-2-4-10(14)5-3-9/h2-5,11-12H,6-8H2,1H3,(H2,15,16,17)/t11-,12-/m1/s1. The van der Waals surface area contributed by atoms with E-state index in [4.69, 9.17) is 16.3 Å². The Kier molecular flexibility index (Phi) is 4.44. The van der Waals surface area contributed by atoms with Crippen molar-refractivity contribution in [2.24, 2.45) is 0 Å². The number of hydrogen-bond acceptors (Lipinski definition) is 2. The highest BCUT2D eigenvalue weighted by Gasteiger charge is 2.39. The maximum atomic E-state index is 11.5. The fourth-order valence-corrected chi connectivity index (χ4v) is 2.04. The number of carbonyl (C=O) groups excluding carboxylic acids is 1. The molecule has 1 aromatic carbocycles. The third-order valence-corrected chi connectivity index (χ3v) is 3.25. The van der Waals surface area contributed by atoms with Gasteiger partial charge >= 0.3 is 6.03 Å². The Morgan fingerprint density at radius 1 is 1.44 bits per heavy atom. The van der Waals surface area contributed by atoms with Crippen molar-refractivity contribution in [1.29, 1.82) is 0 Å². The van der Waals surface area contributed by atoms with Crippen LogP contribution in [0.3, 0.4) is 0 Å². The molecular weight excluding hydrogens is 252 g/mol. The third-order valence-electron chi connectivity index (χ3n) is 3.00. The zero-order valence-electron chi connectivity index (χ0n) is 10.3. The van der Waals surface area contributed by atoms with Crippen LogP contribution in [0.15, 0.2) is 24.3 Å². The molecule has 0 aliphatic heterocycles. The summed E-state index contributed by atoms with van der Waals surface area (Å²) in [5, 5.41) is 6.41. The quantitative estimate of drug-likeness (QED) is 0.804. The van der Waals surface area contributed by atoms with Crippen LogP contribution in [0.25, 0.3) is 0 Å². The van der Waals surface area contributed by atoms with Gasteiger partial charge < -0.3 is 15.4 Å². The van der Waals surface area contributed by atoms with Crippen molar-refractivity contribution >= 4 is 17.6 Å². The highest BCUT2D eigenvalue weighted by Crippen LogP contribution is 2.40. The first-order valence-electron chi connectivity index (χ1n) is 5.99. The number of benzene rings is 1. The maximum Gasteiger partial charge on any atom is 0.315 e. The van der Waals surface area contributed by atoms with E-state index in [1.165, 1.54) is 5.56 Å². The minimum absolute atomic E-state index is 0.131. The smallest absolute Gasteiger partial charge is 0.315 e. The van der Waals surface area contributed by atoms with Crippen molar-refractivity contribution < 1.29 is 9.53 Å². The highest BCUT2D eigenvalue weighted by atomic mass is 35.5. The molecule has 0 spiro atoms. The van der Waals surface area contributed by atoms with E-state index in [2.05, 4.69) is 10.6 Å². The van der Waals surface area contributed by atoms with Gasteiger partial charge in [-0.2, -0.15) is 0 Å². The largest absolute Gasteiger partial charge is 0.383 e. The molecule has 1 saturated carbocycles. The summed E-state index contributed by atoms with van der Waals surface area (Å²) in [7, 11) is 1.61. The Morgan fingerprint density at radius 2 is 2.17 bits per heavy atom. The predicted molar refractivity (Wildman–Crippen MR) is 71.0 cm³/mol. The Labute approximate surface area is 112 Å². The van der Waals surface area contributed by atoms with Crippen molar-refractivity contribution in [3.05, 3.63) is 34.9 Å². The van der Waals surface area contributed by atoms with Gasteiger partial charge in [0.05, 0.1) is 6.61 Å². The van der Waals surface area contributed by atoms with Gasteiger partial charge in [-0.3, -0.25) is 0 Å². The summed E-state index contributed by atoms with van der Waals surface area (Å²) in [4.78, 5) is 11.5. The second kappa shape index (κ2) is 6.07. The molecule has 4 nitrogen and oxygen atoms in total. The summed E-state index contributed by atoms with van der Waals surface area (Å²) in [6, 6.07) is 7.88. The van der Waals surface area contributed by atoms with Crippen LogP contribution >= 0.6 is 11.6 Å². The first-order chi connectivity index (χ1) is 8.70. The summed E-state index contributed by atoms with van der Waals surface area (Å²) in [6.07, 6.45) is 0.985. The van der Waals surface area contributed by atoms with E-state index in [1.54, 1.807) is 7.11 Å². The Bertz CT molecular complexity index is 408. The van der Waals surface area contributed by atoms with Gasteiger partial charge in [-0.1, -0.05) is 23.7 Å². The van der Waals surface area contributed by atoms with E-state index < -0.39 is 0 Å². The van der Waals surface area contributed by atoms with Crippen molar-refractivity contribution in [3.63, 3.8) is 0 Å². The minimum atomic E-state index is -0.131. The molecule has 1 aliphatic carbocycles. The average Bonchev–Trinajstić information content (AvgIpc) is 3.09. The van der Waals surface area contributed by atoms with E-state index in [-0.39, 0.29) is 12.1 Å². The summed E-state index contributed by atoms with van der Waals surface area (Å²) in [6.45, 7) is 1.05. The Balaban J connectivity index is 1.74. The maximum absolute atomic E-state index is 11.5. The number of urea groups is 1. The molecule has 2 rings (SSSR count). The van der Waals surface area contributed by atoms with E-state index in [0.717, 1.165) is 11.4 Å². The first-order valence-corrected chi connectivity index (χ1v) is 6.37. The summed E-state index contributed by atoms with van der Waals surface area (Å²) >= 11 is 5.84. The van der Waals surface area contributed by atoms with E-state index in [9.17, 15) is 4.79 Å². The Morgan fingerprint density at radius 3 is 2.83 bits per heavy atom. The molecule has 2 N–H and O–H groups in total. The molecule has 18 heavy (non-hydrogen) atoms. The SMILES string of the molecule is COCCNC(=O)N[C@@H]1C[C@@H]1c1ccc(Cl)cc1. The lowest BCUT2D eigenvalue weighted by Gasteiger charge is -2.06. The summed E-state index contributed by atoms with van der Waals surface area (Å²) in [5.74, 6) is 0.412. The first kappa shape index (κ1) is 13.2. The Hall–Kier alpha value is -1.26. The lowest BCUT2D eigenvalue weighted by atomic mass is 10.1. The van der Waals surface area contributed by atoms with Crippen LogP contribution in [0.4, 0.5) is 4.79 Å². The van der Waals surface area contributed by atoms with Crippen molar-refractivity contribution in [2.75, 3.05) is 20.3 Å². The van der Waals surface area contributed by atoms with Gasteiger partial charge in [-0.25, -0.2) is 4.79 Å². The van der Waals surface area contributed by atoms with Crippen LogP contribution in [-0.4, -0.2) is 32.3 Å². The number of halogens is 1. The molecule has 2 atom stereocenters. The van der Waals surface area contributed by atoms with Crippen LogP contribution in [0.1, 0.15) is 17.9 Å². The van der Waals surface area contributed by atoms with Gasteiger partial charge in [0.15, 0.2) is 0 Å². The van der Waals surface area contributed by atoms with Crippen molar-refractivity contribution in [3.8, 4) is 0 Å². The molecule has 1 aliphatic rings. The number of methoxy groups -OCH3 is 1. The van der Waals surface area contributed by atoms with Crippen LogP contribution < -0.4 is 10.6 Å². The minimum Gasteiger partial charge on any atom is -0.383 e. The van der Waals surface area contributed by atoms with Crippen LogP contribution in [0, 0.1) is 0 Å². The molecular formula is C13H17ClN2O2. The van der Waals surface area contributed by atoms with Crippen LogP contribution in [0.2, 0.25) is 5.02 Å². The fourth-order valence-electron chi connectivity index (χ4n) is 1.92. The molecule has 0 unspecified atom stereocenters. The van der Waals surface area contributed by atoms with Crippen molar-refractivity contribution in [1.82, 2.24) is 10.6 Å². The van der Waals surface area contributed by atoms with Gasteiger partial charge in [-0.05, 0) is 24.1 Å². The number of carbonyl (C=O) groups is 1. The van der Waals surface area contributed by atoms with Crippen LogP contribution in [0.5, 0.6) is 0 Å². The second-order valence-corrected chi connectivity index (χ2v) is 4.83. The summed E-state index contributed by atoms with van der Waals surface area (Å²) < 4.78 is 4.86. The molecule has 1 aromatic rings. The number of nitrogens with one attached hydrogen (secondary N) is 2. The zero-order valence-corrected chi connectivity index (χ0v) is 11.0. The fraction of sp³-hybridized carbons (Fsp3) is 0.462. The van der Waals surface area contributed by atoms with E-state index in [1.807, 2.05) is 24.3 Å².